The minimum absolute atomic E-state index is 0.0390. The molecule has 8 heteroatoms. The number of aromatic nitrogens is 1. The Bertz CT molecular complexity index is 1100. The van der Waals surface area contributed by atoms with Crippen LogP contribution < -0.4 is 5.32 Å². The van der Waals surface area contributed by atoms with E-state index in [4.69, 9.17) is 11.6 Å². The molecule has 0 saturated carbocycles. The Balaban J connectivity index is 1.89. The lowest BCUT2D eigenvalue weighted by Crippen LogP contribution is -2.13. The average Bonchev–Trinajstić information content (AvgIpc) is 3.04. The van der Waals surface area contributed by atoms with Crippen molar-refractivity contribution in [2.24, 2.45) is 0 Å². The van der Waals surface area contributed by atoms with Crippen LogP contribution in [0.25, 0.3) is 17.0 Å². The quantitative estimate of drug-likeness (QED) is 0.310. The largest absolute Gasteiger partial charge is 0.361 e. The van der Waals surface area contributed by atoms with Crippen molar-refractivity contribution in [1.29, 1.82) is 5.26 Å². The number of nitrogens with one attached hydrogen (secondary N) is 2. The molecule has 0 aliphatic heterocycles. The zero-order chi connectivity index (χ0) is 18.7. The summed E-state index contributed by atoms with van der Waals surface area (Å²) in [5.41, 5.74) is 1.28. The van der Waals surface area contributed by atoms with Crippen molar-refractivity contribution in [2.45, 2.75) is 0 Å². The third kappa shape index (κ3) is 3.41. The van der Waals surface area contributed by atoms with Gasteiger partial charge in [0.05, 0.1) is 4.92 Å². The van der Waals surface area contributed by atoms with Crippen molar-refractivity contribution in [3.63, 3.8) is 0 Å². The molecule has 0 fully saturated rings. The molecule has 0 aliphatic rings. The summed E-state index contributed by atoms with van der Waals surface area (Å²) >= 11 is 5.75. The molecule has 0 atom stereocenters. The number of H-pyrrole nitrogens is 1. The highest BCUT2D eigenvalue weighted by molar-refractivity contribution is 6.32. The summed E-state index contributed by atoms with van der Waals surface area (Å²) in [6.45, 7) is 0. The summed E-state index contributed by atoms with van der Waals surface area (Å²) in [6, 6.07) is 13.2. The average molecular weight is 367 g/mol. The maximum absolute atomic E-state index is 12.4. The lowest BCUT2D eigenvalue weighted by molar-refractivity contribution is -0.384. The van der Waals surface area contributed by atoms with Crippen molar-refractivity contribution in [1.82, 2.24) is 4.98 Å². The highest BCUT2D eigenvalue weighted by Crippen LogP contribution is 2.27. The van der Waals surface area contributed by atoms with Crippen LogP contribution in [0.4, 0.5) is 11.4 Å². The number of carbonyl (C=O) groups is 1. The fraction of sp³-hybridized carbons (Fsp3) is 0. The minimum Gasteiger partial charge on any atom is -0.361 e. The van der Waals surface area contributed by atoms with E-state index >= 15 is 0 Å². The molecule has 1 aromatic heterocycles. The molecular formula is C18H11ClN4O3. The number of rotatable bonds is 4. The van der Waals surface area contributed by atoms with Crippen LogP contribution in [0, 0.1) is 21.4 Å². The van der Waals surface area contributed by atoms with E-state index < -0.39 is 10.8 Å². The van der Waals surface area contributed by atoms with E-state index in [1.807, 2.05) is 30.3 Å². The first-order valence-corrected chi connectivity index (χ1v) is 7.80. The SMILES string of the molecule is N#CC(=Cc1c[nH]c2ccccc12)C(=O)Nc1ccc(Cl)c([N+](=O)[O-])c1. The van der Waals surface area contributed by atoms with E-state index in [0.717, 1.165) is 17.0 Å². The minimum atomic E-state index is -0.672. The number of para-hydroxylation sites is 1. The molecule has 0 unspecified atom stereocenters. The summed E-state index contributed by atoms with van der Waals surface area (Å²) < 4.78 is 0. The Kier molecular flexibility index (Phi) is 4.69. The van der Waals surface area contributed by atoms with E-state index in [1.54, 1.807) is 6.20 Å². The first-order valence-electron chi connectivity index (χ1n) is 7.43. The topological polar surface area (TPSA) is 112 Å². The molecule has 3 rings (SSSR count). The summed E-state index contributed by atoms with van der Waals surface area (Å²) in [4.78, 5) is 25.7. The number of amides is 1. The molecular weight excluding hydrogens is 356 g/mol. The summed E-state index contributed by atoms with van der Waals surface area (Å²) in [7, 11) is 0. The Morgan fingerprint density at radius 3 is 2.81 bits per heavy atom. The standard InChI is InChI=1S/C18H11ClN4O3/c19-15-6-5-13(8-17(15)23(25)26)22-18(24)11(9-20)7-12-10-21-16-4-2-1-3-14(12)16/h1-8,10,21H,(H,22,24). The number of benzene rings is 2. The van der Waals surface area contributed by atoms with Crippen LogP contribution in [-0.2, 0) is 4.79 Å². The molecule has 0 aliphatic carbocycles. The van der Waals surface area contributed by atoms with E-state index in [-0.39, 0.29) is 22.0 Å². The number of hydrogen-bond donors (Lipinski definition) is 2. The molecule has 3 aromatic rings. The van der Waals surface area contributed by atoms with Crippen LogP contribution in [0.5, 0.6) is 0 Å². The number of anilines is 1. The first-order chi connectivity index (χ1) is 12.5. The Morgan fingerprint density at radius 2 is 2.08 bits per heavy atom. The summed E-state index contributed by atoms with van der Waals surface area (Å²) in [5, 5.41) is 23.5. The van der Waals surface area contributed by atoms with E-state index in [1.165, 1.54) is 18.2 Å². The van der Waals surface area contributed by atoms with Crippen molar-refractivity contribution >= 4 is 45.9 Å². The van der Waals surface area contributed by atoms with E-state index in [9.17, 15) is 20.2 Å². The van der Waals surface area contributed by atoms with Gasteiger partial charge in [0.25, 0.3) is 11.6 Å². The van der Waals surface area contributed by atoms with E-state index in [0.29, 0.717) is 5.56 Å². The molecule has 0 bridgehead atoms. The van der Waals surface area contributed by atoms with Gasteiger partial charge >= 0.3 is 0 Å². The van der Waals surface area contributed by atoms with Gasteiger partial charge in [-0.05, 0) is 24.3 Å². The predicted octanol–water partition coefficient (Wildman–Crippen LogP) is 4.28. The summed E-state index contributed by atoms with van der Waals surface area (Å²) in [5.74, 6) is -0.672. The number of nitriles is 1. The van der Waals surface area contributed by atoms with Crippen LogP contribution in [0.3, 0.4) is 0 Å². The predicted molar refractivity (Wildman–Crippen MR) is 98.6 cm³/mol. The zero-order valence-corrected chi connectivity index (χ0v) is 13.9. The second kappa shape index (κ2) is 7.09. The molecule has 128 valence electrons. The molecule has 2 N–H and O–H groups in total. The first kappa shape index (κ1) is 17.2. The monoisotopic (exact) mass is 366 g/mol. The van der Waals surface area contributed by atoms with Gasteiger partial charge in [0, 0.05) is 34.4 Å². The van der Waals surface area contributed by atoms with Crippen LogP contribution >= 0.6 is 11.6 Å². The maximum Gasteiger partial charge on any atom is 0.289 e. The second-order valence-electron chi connectivity index (χ2n) is 5.34. The van der Waals surface area contributed by atoms with Gasteiger partial charge in [0.1, 0.15) is 16.7 Å². The summed E-state index contributed by atoms with van der Waals surface area (Å²) in [6.07, 6.45) is 3.15. The van der Waals surface area contributed by atoms with Gasteiger partial charge in [-0.15, -0.1) is 0 Å². The third-order valence-corrected chi connectivity index (χ3v) is 4.01. The number of aromatic amines is 1. The highest BCUT2D eigenvalue weighted by atomic mass is 35.5. The molecule has 26 heavy (non-hydrogen) atoms. The second-order valence-corrected chi connectivity index (χ2v) is 5.74. The smallest absolute Gasteiger partial charge is 0.289 e. The van der Waals surface area contributed by atoms with Gasteiger partial charge in [0.15, 0.2) is 0 Å². The van der Waals surface area contributed by atoms with Gasteiger partial charge in [-0.25, -0.2) is 0 Å². The van der Waals surface area contributed by atoms with Gasteiger partial charge in [-0.3, -0.25) is 14.9 Å². The zero-order valence-electron chi connectivity index (χ0n) is 13.2. The molecule has 1 amide bonds. The molecule has 1 heterocycles. The fourth-order valence-electron chi connectivity index (χ4n) is 2.45. The molecule has 0 radical (unpaired) electrons. The molecule has 0 saturated heterocycles. The van der Waals surface area contributed by atoms with Crippen LogP contribution in [-0.4, -0.2) is 15.8 Å². The van der Waals surface area contributed by atoms with E-state index in [2.05, 4.69) is 10.3 Å². The third-order valence-electron chi connectivity index (χ3n) is 3.69. The van der Waals surface area contributed by atoms with Crippen LogP contribution in [0.15, 0.2) is 54.2 Å². The molecule has 7 nitrogen and oxygen atoms in total. The number of nitro benzene ring substituents is 1. The number of carbonyl (C=O) groups excluding carboxylic acids is 1. The van der Waals surface area contributed by atoms with Crippen molar-refractivity contribution < 1.29 is 9.72 Å². The molecule has 0 spiro atoms. The Hall–Kier alpha value is -3.63. The lowest BCUT2D eigenvalue weighted by Gasteiger charge is -2.05. The Morgan fingerprint density at radius 1 is 1.31 bits per heavy atom. The lowest BCUT2D eigenvalue weighted by atomic mass is 10.1. The maximum atomic E-state index is 12.4. The van der Waals surface area contributed by atoms with Crippen molar-refractivity contribution in [3.8, 4) is 6.07 Å². The normalized spacial score (nSPS) is 11.2. The van der Waals surface area contributed by atoms with Crippen molar-refractivity contribution in [3.05, 3.63) is 74.9 Å². The number of halogens is 1. The van der Waals surface area contributed by atoms with Gasteiger partial charge in [-0.1, -0.05) is 29.8 Å². The van der Waals surface area contributed by atoms with Gasteiger partial charge < -0.3 is 10.3 Å². The fourth-order valence-corrected chi connectivity index (χ4v) is 2.63. The number of nitro groups is 1. The highest BCUT2D eigenvalue weighted by Gasteiger charge is 2.16. The number of nitrogens with zero attached hydrogens (tertiary/aromatic N) is 2. The Labute approximate surface area is 152 Å². The van der Waals surface area contributed by atoms with Crippen LogP contribution in [0.1, 0.15) is 5.56 Å². The number of fused-ring (bicyclic) bond motifs is 1. The molecule has 2 aromatic carbocycles. The van der Waals surface area contributed by atoms with Gasteiger partial charge in [-0.2, -0.15) is 5.26 Å². The number of hydrogen-bond acceptors (Lipinski definition) is 4. The van der Waals surface area contributed by atoms with Gasteiger partial charge in [0.2, 0.25) is 0 Å². The van der Waals surface area contributed by atoms with Crippen LogP contribution in [0.2, 0.25) is 5.02 Å². The van der Waals surface area contributed by atoms with Crippen molar-refractivity contribution in [2.75, 3.05) is 5.32 Å².